The molecule has 3 aromatic carbocycles. The monoisotopic (exact) mass is 512 g/mol. The van der Waals surface area contributed by atoms with E-state index in [4.69, 9.17) is 4.74 Å². The van der Waals surface area contributed by atoms with Gasteiger partial charge < -0.3 is 25.2 Å². The summed E-state index contributed by atoms with van der Waals surface area (Å²) < 4.78 is 5.78. The topological polar surface area (TPSA) is 73.9 Å². The number of nitrogens with one attached hydrogen (secondary N) is 2. The molecule has 2 N–H and O–H groups in total. The average molecular weight is 513 g/mol. The van der Waals surface area contributed by atoms with Crippen molar-refractivity contribution in [1.82, 2.24) is 5.32 Å². The standard InChI is InChI=1S/C31H36N4O3/c1-19-14-26(33-22(4)36)10-11-27(19)23-6-8-24(9-7-23)31(37)35-13-12-25-15-30(38-5)29(16-28(25)35)34-17-20(2)32-21(3)18-34/h6-11,14-16,20-21,32H,12-13,17-18H2,1-5H3,(H,33,36)/t20-,21+. The SMILES string of the molecule is COc1cc2c(cc1N1C[C@@H](C)N[C@@H](C)C1)N(C(=O)c1ccc(-c3ccc(NC(C)=O)cc3C)cc1)CC2. The Morgan fingerprint density at radius 3 is 2.32 bits per heavy atom. The number of piperazine rings is 1. The minimum atomic E-state index is -0.0916. The number of hydrogen-bond acceptors (Lipinski definition) is 5. The Kier molecular flexibility index (Phi) is 7.13. The smallest absolute Gasteiger partial charge is 0.258 e. The Morgan fingerprint density at radius 2 is 1.68 bits per heavy atom. The van der Waals surface area contributed by atoms with Crippen LogP contribution in [0.2, 0.25) is 0 Å². The summed E-state index contributed by atoms with van der Waals surface area (Å²) in [5.41, 5.74) is 7.75. The maximum atomic E-state index is 13.6. The van der Waals surface area contributed by atoms with Crippen LogP contribution in [0, 0.1) is 6.92 Å². The Labute approximate surface area is 224 Å². The largest absolute Gasteiger partial charge is 0.495 e. The summed E-state index contributed by atoms with van der Waals surface area (Å²) >= 11 is 0. The summed E-state index contributed by atoms with van der Waals surface area (Å²) in [6.45, 7) is 10.3. The normalized spacial score (nSPS) is 18.8. The van der Waals surface area contributed by atoms with E-state index in [1.165, 1.54) is 6.92 Å². The number of rotatable bonds is 5. The van der Waals surface area contributed by atoms with Gasteiger partial charge in [0.2, 0.25) is 5.91 Å². The van der Waals surface area contributed by atoms with Gasteiger partial charge in [-0.2, -0.15) is 0 Å². The Balaban J connectivity index is 1.39. The number of ether oxygens (including phenoxy) is 1. The summed E-state index contributed by atoms with van der Waals surface area (Å²) in [5.74, 6) is 0.779. The van der Waals surface area contributed by atoms with Crippen LogP contribution in [0.1, 0.15) is 42.3 Å². The predicted octanol–water partition coefficient (Wildman–Crippen LogP) is 5.02. The highest BCUT2D eigenvalue weighted by Crippen LogP contribution is 2.40. The third-order valence-electron chi connectivity index (χ3n) is 7.41. The molecule has 2 aliphatic rings. The lowest BCUT2D eigenvalue weighted by molar-refractivity contribution is -0.114. The molecule has 3 aromatic rings. The lowest BCUT2D eigenvalue weighted by Crippen LogP contribution is -2.54. The number of anilines is 3. The maximum absolute atomic E-state index is 13.6. The maximum Gasteiger partial charge on any atom is 0.258 e. The van der Waals surface area contributed by atoms with Gasteiger partial charge in [0, 0.05) is 55.6 Å². The molecule has 0 aliphatic carbocycles. The molecule has 1 saturated heterocycles. The van der Waals surface area contributed by atoms with Crippen molar-refractivity contribution < 1.29 is 14.3 Å². The van der Waals surface area contributed by atoms with E-state index in [1.807, 2.05) is 54.3 Å². The first-order valence-corrected chi connectivity index (χ1v) is 13.3. The van der Waals surface area contributed by atoms with Crippen molar-refractivity contribution in [2.45, 2.75) is 46.2 Å². The highest BCUT2D eigenvalue weighted by Gasteiger charge is 2.30. The fourth-order valence-corrected chi connectivity index (χ4v) is 5.77. The van der Waals surface area contributed by atoms with Gasteiger partial charge in [0.25, 0.3) is 5.91 Å². The Hall–Kier alpha value is -3.84. The fourth-order valence-electron chi connectivity index (χ4n) is 5.77. The molecule has 7 heteroatoms. The molecule has 0 bridgehead atoms. The molecule has 198 valence electrons. The van der Waals surface area contributed by atoms with Gasteiger partial charge in [-0.15, -0.1) is 0 Å². The van der Waals surface area contributed by atoms with Gasteiger partial charge in [0.05, 0.1) is 12.8 Å². The van der Waals surface area contributed by atoms with Crippen molar-refractivity contribution >= 4 is 28.9 Å². The first kappa shape index (κ1) is 25.8. The van der Waals surface area contributed by atoms with Crippen molar-refractivity contribution in [2.24, 2.45) is 0 Å². The van der Waals surface area contributed by atoms with Crippen LogP contribution in [0.25, 0.3) is 11.1 Å². The van der Waals surface area contributed by atoms with Gasteiger partial charge in [-0.25, -0.2) is 0 Å². The zero-order valence-corrected chi connectivity index (χ0v) is 22.8. The van der Waals surface area contributed by atoms with E-state index in [0.29, 0.717) is 24.2 Å². The van der Waals surface area contributed by atoms with Crippen LogP contribution in [0.5, 0.6) is 5.75 Å². The molecule has 2 aliphatic heterocycles. The molecule has 38 heavy (non-hydrogen) atoms. The number of amides is 2. The molecule has 2 amide bonds. The van der Waals surface area contributed by atoms with Gasteiger partial charge in [0.15, 0.2) is 0 Å². The average Bonchev–Trinajstić information content (AvgIpc) is 3.29. The second-order valence-corrected chi connectivity index (χ2v) is 10.5. The van der Waals surface area contributed by atoms with Crippen LogP contribution in [0.15, 0.2) is 54.6 Å². The molecule has 2 heterocycles. The molecule has 7 nitrogen and oxygen atoms in total. The van der Waals surface area contributed by atoms with Crippen molar-refractivity contribution in [3.05, 3.63) is 71.3 Å². The Morgan fingerprint density at radius 1 is 0.974 bits per heavy atom. The summed E-state index contributed by atoms with van der Waals surface area (Å²) in [4.78, 5) is 29.3. The van der Waals surface area contributed by atoms with Crippen LogP contribution < -0.4 is 25.2 Å². The van der Waals surface area contributed by atoms with Crippen LogP contribution in [0.3, 0.4) is 0 Å². The van der Waals surface area contributed by atoms with Crippen molar-refractivity contribution in [3.63, 3.8) is 0 Å². The quantitative estimate of drug-likeness (QED) is 0.502. The fraction of sp³-hybridized carbons (Fsp3) is 0.355. The first-order valence-electron chi connectivity index (χ1n) is 13.3. The zero-order valence-electron chi connectivity index (χ0n) is 22.8. The van der Waals surface area contributed by atoms with Gasteiger partial charge in [0.1, 0.15) is 5.75 Å². The van der Waals surface area contributed by atoms with Crippen LogP contribution in [-0.4, -0.2) is 50.6 Å². The molecule has 5 rings (SSSR count). The Bertz CT molecular complexity index is 1360. The second kappa shape index (κ2) is 10.5. The molecule has 0 saturated carbocycles. The van der Waals surface area contributed by atoms with Gasteiger partial charge in [-0.05, 0) is 85.8 Å². The molecular formula is C31H36N4O3. The molecule has 2 atom stereocenters. The van der Waals surface area contributed by atoms with E-state index in [1.54, 1.807) is 7.11 Å². The van der Waals surface area contributed by atoms with Crippen molar-refractivity contribution in [3.8, 4) is 16.9 Å². The third-order valence-corrected chi connectivity index (χ3v) is 7.41. The summed E-state index contributed by atoms with van der Waals surface area (Å²) in [7, 11) is 1.72. The minimum absolute atomic E-state index is 0.00573. The summed E-state index contributed by atoms with van der Waals surface area (Å²) in [6, 6.07) is 18.6. The van der Waals surface area contributed by atoms with E-state index in [0.717, 1.165) is 64.6 Å². The number of nitrogens with zero attached hydrogens (tertiary/aromatic N) is 2. The lowest BCUT2D eigenvalue weighted by Gasteiger charge is -2.38. The van der Waals surface area contributed by atoms with Crippen LogP contribution >= 0.6 is 0 Å². The number of fused-ring (bicyclic) bond motifs is 1. The number of aryl methyl sites for hydroxylation is 1. The number of methoxy groups -OCH3 is 1. The molecule has 0 radical (unpaired) electrons. The highest BCUT2D eigenvalue weighted by atomic mass is 16.5. The molecule has 1 fully saturated rings. The van der Waals surface area contributed by atoms with E-state index >= 15 is 0 Å². The molecule has 0 aromatic heterocycles. The van der Waals surface area contributed by atoms with E-state index in [-0.39, 0.29) is 11.8 Å². The summed E-state index contributed by atoms with van der Waals surface area (Å²) in [6.07, 6.45) is 0.810. The minimum Gasteiger partial charge on any atom is -0.495 e. The molecule has 0 spiro atoms. The van der Waals surface area contributed by atoms with Gasteiger partial charge >= 0.3 is 0 Å². The first-order chi connectivity index (χ1) is 18.2. The highest BCUT2D eigenvalue weighted by molar-refractivity contribution is 6.08. The second-order valence-electron chi connectivity index (χ2n) is 10.5. The van der Waals surface area contributed by atoms with E-state index < -0.39 is 0 Å². The van der Waals surface area contributed by atoms with E-state index in [2.05, 4.69) is 41.5 Å². The lowest BCUT2D eigenvalue weighted by atomic mass is 9.98. The number of benzene rings is 3. The van der Waals surface area contributed by atoms with Gasteiger partial charge in [-0.3, -0.25) is 9.59 Å². The summed E-state index contributed by atoms with van der Waals surface area (Å²) in [5, 5.41) is 6.40. The zero-order chi connectivity index (χ0) is 27.0. The van der Waals surface area contributed by atoms with Crippen LogP contribution in [-0.2, 0) is 11.2 Å². The number of hydrogen-bond donors (Lipinski definition) is 2. The predicted molar refractivity (Wildman–Crippen MR) is 154 cm³/mol. The number of carbonyl (C=O) groups is 2. The van der Waals surface area contributed by atoms with E-state index in [9.17, 15) is 9.59 Å². The van der Waals surface area contributed by atoms with Gasteiger partial charge in [-0.1, -0.05) is 18.2 Å². The van der Waals surface area contributed by atoms with Crippen molar-refractivity contribution in [1.29, 1.82) is 0 Å². The molecule has 0 unspecified atom stereocenters. The molecular weight excluding hydrogens is 476 g/mol. The number of carbonyl (C=O) groups excluding carboxylic acids is 2. The third kappa shape index (κ3) is 5.11. The van der Waals surface area contributed by atoms with Crippen molar-refractivity contribution in [2.75, 3.05) is 41.9 Å². The van der Waals surface area contributed by atoms with Crippen LogP contribution in [0.4, 0.5) is 17.1 Å².